The van der Waals surface area contributed by atoms with E-state index in [1.165, 1.54) is 7.11 Å². The molecule has 104 valence electrons. The number of carbonyl (C=O) groups is 1. The Morgan fingerprint density at radius 2 is 2.20 bits per heavy atom. The van der Waals surface area contributed by atoms with Gasteiger partial charge in [-0.05, 0) is 25.1 Å². The zero-order chi connectivity index (χ0) is 14.7. The Kier molecular flexibility index (Phi) is 3.99. The number of anilines is 1. The summed E-state index contributed by atoms with van der Waals surface area (Å²) in [5.74, 6) is 0.176. The van der Waals surface area contributed by atoms with Crippen LogP contribution in [-0.4, -0.2) is 23.2 Å². The number of nitrogens with two attached hydrogens (primary N) is 1. The molecule has 1 aromatic carbocycles. The lowest BCUT2D eigenvalue weighted by Gasteiger charge is -2.10. The van der Waals surface area contributed by atoms with E-state index in [0.29, 0.717) is 22.7 Å². The number of hydrogen-bond acceptors (Lipinski definition) is 5. The van der Waals surface area contributed by atoms with E-state index in [2.05, 4.69) is 10.5 Å². The molecule has 0 bridgehead atoms. The van der Waals surface area contributed by atoms with Crippen molar-refractivity contribution in [3.05, 3.63) is 41.3 Å². The van der Waals surface area contributed by atoms with Gasteiger partial charge in [0.1, 0.15) is 10.7 Å². The average molecular weight is 291 g/mol. The molecule has 0 aliphatic heterocycles. The van der Waals surface area contributed by atoms with Crippen molar-refractivity contribution in [3.63, 3.8) is 0 Å². The lowest BCUT2D eigenvalue weighted by Crippen LogP contribution is -2.13. The fourth-order valence-corrected chi connectivity index (χ4v) is 1.73. The summed E-state index contributed by atoms with van der Waals surface area (Å²) in [5.41, 5.74) is 7.33. The number of benzene rings is 1. The molecule has 3 N–H and O–H groups in total. The van der Waals surface area contributed by atoms with E-state index in [0.717, 1.165) is 0 Å². The number of carbonyl (C=O) groups excluding carboxylic acids is 1. The molecule has 1 heterocycles. The number of ether oxygens (including phenoxy) is 1. The van der Waals surface area contributed by atoms with Crippen molar-refractivity contribution in [2.75, 3.05) is 12.4 Å². The van der Waals surface area contributed by atoms with Crippen molar-refractivity contribution in [2.24, 2.45) is 5.73 Å². The first-order valence-corrected chi connectivity index (χ1v) is 6.14. The Hall–Kier alpha value is -2.41. The second kappa shape index (κ2) is 5.70. The van der Waals surface area contributed by atoms with Crippen molar-refractivity contribution >= 4 is 28.8 Å². The number of amides is 1. The third-order valence-corrected chi connectivity index (χ3v) is 2.82. The largest absolute Gasteiger partial charge is 0.495 e. The van der Waals surface area contributed by atoms with Crippen LogP contribution in [0.5, 0.6) is 5.75 Å². The molecule has 0 saturated heterocycles. The van der Waals surface area contributed by atoms with Gasteiger partial charge in [0.15, 0.2) is 0 Å². The van der Waals surface area contributed by atoms with Crippen LogP contribution in [0.25, 0.3) is 0 Å². The van der Waals surface area contributed by atoms with Crippen LogP contribution in [0.4, 0.5) is 5.69 Å². The lowest BCUT2D eigenvalue weighted by molar-refractivity contribution is 0.0987. The maximum Gasteiger partial charge on any atom is 0.294 e. The van der Waals surface area contributed by atoms with Crippen molar-refractivity contribution in [1.29, 1.82) is 0 Å². The third kappa shape index (κ3) is 2.94. The van der Waals surface area contributed by atoms with Gasteiger partial charge >= 0.3 is 0 Å². The molecule has 0 aliphatic rings. The van der Waals surface area contributed by atoms with Crippen LogP contribution in [0.3, 0.4) is 0 Å². The molecule has 0 saturated carbocycles. The van der Waals surface area contributed by atoms with E-state index in [4.69, 9.17) is 27.2 Å². The topological polar surface area (TPSA) is 90.4 Å². The first-order valence-electron chi connectivity index (χ1n) is 5.73. The second-order valence-corrected chi connectivity index (χ2v) is 4.51. The van der Waals surface area contributed by atoms with E-state index in [1.807, 2.05) is 0 Å². The van der Waals surface area contributed by atoms with Crippen molar-refractivity contribution < 1.29 is 14.1 Å². The van der Waals surface area contributed by atoms with Crippen molar-refractivity contribution in [3.8, 4) is 5.75 Å². The van der Waals surface area contributed by atoms with Gasteiger partial charge in [-0.2, -0.15) is 0 Å². The molecule has 0 fully saturated rings. The Bertz CT molecular complexity index is 667. The Morgan fingerprint density at radius 3 is 2.75 bits per heavy atom. The molecule has 0 atom stereocenters. The second-order valence-electron chi connectivity index (χ2n) is 4.07. The monoisotopic (exact) mass is 291 g/mol. The number of aryl methyl sites for hydroxylation is 1. The number of hydrogen-bond donors (Lipinski definition) is 2. The number of nitrogens with zero attached hydrogens (tertiary/aromatic N) is 1. The first kappa shape index (κ1) is 14.0. The van der Waals surface area contributed by atoms with E-state index < -0.39 is 5.91 Å². The summed E-state index contributed by atoms with van der Waals surface area (Å²) < 4.78 is 10.1. The summed E-state index contributed by atoms with van der Waals surface area (Å²) in [4.78, 5) is 12.2. The molecule has 0 radical (unpaired) electrons. The highest BCUT2D eigenvalue weighted by Crippen LogP contribution is 2.26. The Balaban J connectivity index is 2.25. The fourth-order valence-electron chi connectivity index (χ4n) is 1.60. The van der Waals surface area contributed by atoms with Gasteiger partial charge in [0.25, 0.3) is 5.91 Å². The normalized spacial score (nSPS) is 10.1. The molecule has 2 aromatic rings. The molecule has 0 aliphatic carbocycles. The quantitative estimate of drug-likeness (QED) is 0.836. The zero-order valence-corrected chi connectivity index (χ0v) is 11.8. The predicted octanol–water partition coefficient (Wildman–Crippen LogP) is 1.88. The van der Waals surface area contributed by atoms with Gasteiger partial charge in [0.2, 0.25) is 5.76 Å². The summed E-state index contributed by atoms with van der Waals surface area (Å²) in [6.07, 6.45) is 0. The highest BCUT2D eigenvalue weighted by atomic mass is 32.1. The van der Waals surface area contributed by atoms with Crippen LogP contribution >= 0.6 is 12.2 Å². The maximum atomic E-state index is 12.0. The van der Waals surface area contributed by atoms with Crippen LogP contribution in [0.1, 0.15) is 21.8 Å². The molecule has 7 heteroatoms. The van der Waals surface area contributed by atoms with Crippen LogP contribution in [0, 0.1) is 6.92 Å². The highest BCUT2D eigenvalue weighted by Gasteiger charge is 2.14. The molecule has 20 heavy (non-hydrogen) atoms. The molecule has 0 unspecified atom stereocenters. The molecule has 6 nitrogen and oxygen atoms in total. The minimum atomic E-state index is -0.410. The standard InChI is InChI=1S/C13H13N3O3S/c1-7-5-11(19-16-7)13(17)15-9-4-3-8(12(14)20)6-10(9)18-2/h3-6H,1-2H3,(H2,14,20)(H,15,17). The molecular formula is C13H13N3O3S. The number of rotatable bonds is 4. The Labute approximate surface area is 120 Å². The fraction of sp³-hybridized carbons (Fsp3) is 0.154. The van der Waals surface area contributed by atoms with Crippen molar-refractivity contribution in [1.82, 2.24) is 5.16 Å². The minimum Gasteiger partial charge on any atom is -0.495 e. The predicted molar refractivity (Wildman–Crippen MR) is 78.1 cm³/mol. The van der Waals surface area contributed by atoms with Gasteiger partial charge in [0.05, 0.1) is 18.5 Å². The SMILES string of the molecule is COc1cc(C(N)=S)ccc1NC(=O)c1cc(C)no1. The molecule has 1 amide bonds. The summed E-state index contributed by atoms with van der Waals surface area (Å²) in [5, 5.41) is 6.33. The number of aromatic nitrogens is 1. The van der Waals surface area contributed by atoms with Gasteiger partial charge < -0.3 is 20.3 Å². The summed E-state index contributed by atoms with van der Waals surface area (Å²) >= 11 is 4.89. The van der Waals surface area contributed by atoms with Gasteiger partial charge in [-0.1, -0.05) is 17.4 Å². The van der Waals surface area contributed by atoms with Crippen LogP contribution in [0.2, 0.25) is 0 Å². The van der Waals surface area contributed by atoms with E-state index in [-0.39, 0.29) is 10.7 Å². The minimum absolute atomic E-state index is 0.128. The smallest absolute Gasteiger partial charge is 0.294 e. The summed E-state index contributed by atoms with van der Waals surface area (Å²) in [6.45, 7) is 1.73. The van der Waals surface area contributed by atoms with Gasteiger partial charge in [-0.25, -0.2) is 0 Å². The van der Waals surface area contributed by atoms with E-state index in [1.54, 1.807) is 31.2 Å². The first-order chi connectivity index (χ1) is 9.51. The number of nitrogens with one attached hydrogen (secondary N) is 1. The summed E-state index contributed by atoms with van der Waals surface area (Å²) in [7, 11) is 1.49. The Morgan fingerprint density at radius 1 is 1.45 bits per heavy atom. The van der Waals surface area contributed by atoms with Crippen LogP contribution in [0.15, 0.2) is 28.8 Å². The van der Waals surface area contributed by atoms with E-state index in [9.17, 15) is 4.79 Å². The third-order valence-electron chi connectivity index (χ3n) is 2.59. The van der Waals surface area contributed by atoms with Gasteiger partial charge in [0, 0.05) is 11.6 Å². The number of thiocarbonyl (C=S) groups is 1. The van der Waals surface area contributed by atoms with Gasteiger partial charge in [-0.15, -0.1) is 0 Å². The molecule has 2 rings (SSSR count). The molecule has 0 spiro atoms. The lowest BCUT2D eigenvalue weighted by atomic mass is 10.2. The summed E-state index contributed by atoms with van der Waals surface area (Å²) in [6, 6.07) is 6.56. The van der Waals surface area contributed by atoms with E-state index >= 15 is 0 Å². The van der Waals surface area contributed by atoms with Gasteiger partial charge in [-0.3, -0.25) is 4.79 Å². The van der Waals surface area contributed by atoms with Crippen molar-refractivity contribution in [2.45, 2.75) is 6.92 Å². The highest BCUT2D eigenvalue weighted by molar-refractivity contribution is 7.80. The molecule has 1 aromatic heterocycles. The van der Waals surface area contributed by atoms with Crippen LogP contribution in [-0.2, 0) is 0 Å². The molecular weight excluding hydrogens is 278 g/mol. The van der Waals surface area contributed by atoms with Crippen LogP contribution < -0.4 is 15.8 Å². The maximum absolute atomic E-state index is 12.0. The number of methoxy groups -OCH3 is 1. The average Bonchev–Trinajstić information content (AvgIpc) is 2.85. The zero-order valence-electron chi connectivity index (χ0n) is 11.0.